The summed E-state index contributed by atoms with van der Waals surface area (Å²) in [6, 6.07) is 0. The minimum absolute atomic E-state index is 0.451. The van der Waals surface area contributed by atoms with E-state index in [2.05, 4.69) is 4.98 Å². The van der Waals surface area contributed by atoms with Gasteiger partial charge >= 0.3 is 0 Å². The summed E-state index contributed by atoms with van der Waals surface area (Å²) in [7, 11) is 3.83. The van der Waals surface area contributed by atoms with E-state index in [1.165, 1.54) is 0 Å². The number of aldehydes is 1. The van der Waals surface area contributed by atoms with Crippen LogP contribution < -0.4 is 0 Å². The Hall–Kier alpha value is -1.16. The summed E-state index contributed by atoms with van der Waals surface area (Å²) in [5.41, 5.74) is 0. The molecule has 0 amide bonds. The molecule has 1 heterocycles. The molecule has 0 aliphatic heterocycles. The summed E-state index contributed by atoms with van der Waals surface area (Å²) >= 11 is 0. The summed E-state index contributed by atoms with van der Waals surface area (Å²) in [6.45, 7) is 1.16. The van der Waals surface area contributed by atoms with Crippen molar-refractivity contribution < 1.29 is 4.79 Å². The zero-order chi connectivity index (χ0) is 8.97. The third kappa shape index (κ3) is 2.17. The van der Waals surface area contributed by atoms with Gasteiger partial charge in [0.1, 0.15) is 12.1 Å². The molecule has 0 spiro atoms. The molecule has 0 N–H and O–H groups in total. The average Bonchev–Trinajstić information content (AvgIpc) is 2.37. The molecule has 0 radical (unpaired) electrons. The van der Waals surface area contributed by atoms with Crippen LogP contribution in [0.5, 0.6) is 0 Å². The first kappa shape index (κ1) is 8.93. The van der Waals surface area contributed by atoms with Crippen molar-refractivity contribution in [2.45, 2.75) is 6.54 Å². The van der Waals surface area contributed by atoms with Crippen LogP contribution in [0.2, 0.25) is 0 Å². The van der Waals surface area contributed by atoms with Gasteiger partial charge in [-0.05, 0) is 7.05 Å². The number of rotatable bonds is 4. The Morgan fingerprint density at radius 3 is 3.00 bits per heavy atom. The maximum Gasteiger partial charge on any atom is 0.133 e. The van der Waals surface area contributed by atoms with Gasteiger partial charge < -0.3 is 9.36 Å². The van der Waals surface area contributed by atoms with Crippen LogP contribution in [-0.4, -0.2) is 34.3 Å². The van der Waals surface area contributed by atoms with E-state index in [9.17, 15) is 4.79 Å². The fourth-order valence-electron chi connectivity index (χ4n) is 0.982. The highest BCUT2D eigenvalue weighted by molar-refractivity contribution is 5.51. The van der Waals surface area contributed by atoms with Gasteiger partial charge in [-0.25, -0.2) is 4.98 Å². The molecule has 0 saturated carbocycles. The van der Waals surface area contributed by atoms with E-state index in [0.29, 0.717) is 13.1 Å². The minimum Gasteiger partial charge on any atom is -0.337 e. The third-order valence-electron chi connectivity index (χ3n) is 1.72. The molecular formula is C8H13N3O. The number of aromatic nitrogens is 2. The molecule has 0 unspecified atom stereocenters. The molecule has 0 fully saturated rings. The summed E-state index contributed by atoms with van der Waals surface area (Å²) in [4.78, 5) is 16.2. The Labute approximate surface area is 71.8 Å². The highest BCUT2D eigenvalue weighted by Crippen LogP contribution is 1.97. The summed E-state index contributed by atoms with van der Waals surface area (Å²) in [5, 5.41) is 0. The molecule has 12 heavy (non-hydrogen) atoms. The first-order valence-electron chi connectivity index (χ1n) is 3.82. The van der Waals surface area contributed by atoms with Gasteiger partial charge in [0.2, 0.25) is 0 Å². The fraction of sp³-hybridized carbons (Fsp3) is 0.500. The molecule has 0 bridgehead atoms. The summed E-state index contributed by atoms with van der Waals surface area (Å²) < 4.78 is 1.95. The van der Waals surface area contributed by atoms with E-state index < -0.39 is 0 Å². The van der Waals surface area contributed by atoms with Crippen LogP contribution in [0.25, 0.3) is 0 Å². The number of hydrogen-bond acceptors (Lipinski definition) is 3. The fourth-order valence-corrected chi connectivity index (χ4v) is 0.982. The predicted molar refractivity (Wildman–Crippen MR) is 45.6 cm³/mol. The predicted octanol–water partition coefficient (Wildman–Crippen LogP) is 0.0508. The van der Waals surface area contributed by atoms with Crippen molar-refractivity contribution in [3.8, 4) is 0 Å². The van der Waals surface area contributed by atoms with Gasteiger partial charge in [-0.2, -0.15) is 0 Å². The van der Waals surface area contributed by atoms with E-state index in [0.717, 1.165) is 12.1 Å². The Morgan fingerprint density at radius 2 is 2.50 bits per heavy atom. The van der Waals surface area contributed by atoms with Gasteiger partial charge in [0.05, 0.1) is 13.1 Å². The first-order chi connectivity index (χ1) is 5.74. The number of likely N-dealkylation sites (N-methyl/N-ethyl adjacent to an activating group) is 1. The van der Waals surface area contributed by atoms with Gasteiger partial charge in [0.25, 0.3) is 0 Å². The van der Waals surface area contributed by atoms with E-state index in [1.54, 1.807) is 6.20 Å². The Balaban J connectivity index is 2.51. The number of aryl methyl sites for hydroxylation is 1. The van der Waals surface area contributed by atoms with Gasteiger partial charge in [-0.3, -0.25) is 4.90 Å². The summed E-state index contributed by atoms with van der Waals surface area (Å²) in [6.07, 6.45) is 4.54. The van der Waals surface area contributed by atoms with Crippen molar-refractivity contribution in [1.82, 2.24) is 14.5 Å². The van der Waals surface area contributed by atoms with E-state index in [4.69, 9.17) is 0 Å². The van der Waals surface area contributed by atoms with Crippen molar-refractivity contribution in [3.05, 3.63) is 18.2 Å². The lowest BCUT2D eigenvalue weighted by Crippen LogP contribution is -2.21. The van der Waals surface area contributed by atoms with E-state index >= 15 is 0 Å². The lowest BCUT2D eigenvalue weighted by Gasteiger charge is -2.11. The van der Waals surface area contributed by atoms with Crippen LogP contribution >= 0.6 is 0 Å². The lowest BCUT2D eigenvalue weighted by molar-refractivity contribution is -0.108. The molecule has 0 saturated heterocycles. The van der Waals surface area contributed by atoms with Crippen molar-refractivity contribution >= 4 is 6.29 Å². The molecule has 4 nitrogen and oxygen atoms in total. The molecule has 66 valence electrons. The van der Waals surface area contributed by atoms with Gasteiger partial charge in [-0.15, -0.1) is 0 Å². The Morgan fingerprint density at radius 1 is 1.75 bits per heavy atom. The van der Waals surface area contributed by atoms with Crippen molar-refractivity contribution in [2.24, 2.45) is 7.05 Å². The van der Waals surface area contributed by atoms with Crippen molar-refractivity contribution in [1.29, 1.82) is 0 Å². The van der Waals surface area contributed by atoms with E-state index in [1.807, 2.05) is 29.8 Å². The molecule has 0 aliphatic rings. The van der Waals surface area contributed by atoms with Crippen molar-refractivity contribution in [3.63, 3.8) is 0 Å². The molecule has 1 aromatic heterocycles. The highest BCUT2D eigenvalue weighted by atomic mass is 16.1. The second-order valence-electron chi connectivity index (χ2n) is 2.82. The Bertz CT molecular complexity index is 257. The molecule has 0 atom stereocenters. The number of carbonyl (C=O) groups is 1. The maximum absolute atomic E-state index is 10.2. The number of nitrogens with zero attached hydrogens (tertiary/aromatic N) is 3. The quantitative estimate of drug-likeness (QED) is 0.595. The number of carbonyl (C=O) groups excluding carboxylic acids is 1. The Kier molecular flexibility index (Phi) is 2.99. The van der Waals surface area contributed by atoms with Crippen molar-refractivity contribution in [2.75, 3.05) is 13.6 Å². The molecule has 1 aromatic rings. The zero-order valence-electron chi connectivity index (χ0n) is 7.40. The summed E-state index contributed by atoms with van der Waals surface area (Å²) in [5.74, 6) is 0.972. The molecule has 0 aliphatic carbocycles. The monoisotopic (exact) mass is 167 g/mol. The SMILES string of the molecule is CN(CC=O)Cc1nccn1C. The molecular weight excluding hydrogens is 154 g/mol. The standard InChI is InChI=1S/C8H13N3O/c1-10(5-6-12)7-8-9-3-4-11(8)2/h3-4,6H,5,7H2,1-2H3. The largest absolute Gasteiger partial charge is 0.337 e. The first-order valence-corrected chi connectivity index (χ1v) is 3.82. The molecule has 4 heteroatoms. The second kappa shape index (κ2) is 4.01. The molecule has 0 aromatic carbocycles. The lowest BCUT2D eigenvalue weighted by atomic mass is 10.5. The topological polar surface area (TPSA) is 38.1 Å². The number of imidazole rings is 1. The van der Waals surface area contributed by atoms with Crippen LogP contribution in [-0.2, 0) is 18.4 Å². The van der Waals surface area contributed by atoms with E-state index in [-0.39, 0.29) is 0 Å². The van der Waals surface area contributed by atoms with Crippen LogP contribution in [0.3, 0.4) is 0 Å². The normalized spacial score (nSPS) is 10.6. The third-order valence-corrected chi connectivity index (χ3v) is 1.72. The van der Waals surface area contributed by atoms with Gasteiger partial charge in [0.15, 0.2) is 0 Å². The van der Waals surface area contributed by atoms with Gasteiger partial charge in [0, 0.05) is 19.4 Å². The zero-order valence-corrected chi connectivity index (χ0v) is 7.40. The van der Waals surface area contributed by atoms with Crippen LogP contribution in [0, 0.1) is 0 Å². The highest BCUT2D eigenvalue weighted by Gasteiger charge is 2.02. The maximum atomic E-state index is 10.2. The minimum atomic E-state index is 0.451. The van der Waals surface area contributed by atoms with Crippen LogP contribution in [0.15, 0.2) is 12.4 Å². The van der Waals surface area contributed by atoms with Crippen LogP contribution in [0.4, 0.5) is 0 Å². The van der Waals surface area contributed by atoms with Gasteiger partial charge in [-0.1, -0.05) is 0 Å². The second-order valence-corrected chi connectivity index (χ2v) is 2.82. The number of hydrogen-bond donors (Lipinski definition) is 0. The smallest absolute Gasteiger partial charge is 0.133 e. The molecule has 1 rings (SSSR count). The average molecular weight is 167 g/mol. The van der Waals surface area contributed by atoms with Crippen LogP contribution in [0.1, 0.15) is 5.82 Å².